The van der Waals surface area contributed by atoms with Gasteiger partial charge in [-0.3, -0.25) is 9.59 Å². The first kappa shape index (κ1) is 17.1. The van der Waals surface area contributed by atoms with Crippen LogP contribution in [-0.2, 0) is 0 Å². The van der Waals surface area contributed by atoms with Crippen LogP contribution in [0.2, 0.25) is 10.0 Å². The first-order valence-corrected chi connectivity index (χ1v) is 7.85. The molecule has 0 spiro atoms. The van der Waals surface area contributed by atoms with Crippen LogP contribution in [0.4, 0.5) is 5.69 Å². The number of amides is 1. The molecule has 0 radical (unpaired) electrons. The molecule has 1 heterocycles. The molecule has 25 heavy (non-hydrogen) atoms. The van der Waals surface area contributed by atoms with Crippen LogP contribution in [0.1, 0.15) is 10.4 Å². The highest BCUT2D eigenvalue weighted by Crippen LogP contribution is 2.28. The third-order valence-electron chi connectivity index (χ3n) is 3.60. The highest BCUT2D eigenvalue weighted by Gasteiger charge is 2.18. The second-order valence-electron chi connectivity index (χ2n) is 5.09. The fourth-order valence-electron chi connectivity index (χ4n) is 2.47. The molecule has 0 bridgehead atoms. The fraction of sp³-hybridized carbons (Fsp3) is 0.0588. The number of nitrogens with one attached hydrogen (secondary N) is 1. The van der Waals surface area contributed by atoms with Gasteiger partial charge in [0.1, 0.15) is 7.11 Å². The molecule has 1 amide bonds. The van der Waals surface area contributed by atoms with Gasteiger partial charge in [0.25, 0.3) is 11.5 Å². The monoisotopic (exact) mass is 377 g/mol. The number of aromatic nitrogens is 1. The number of anilines is 1. The van der Waals surface area contributed by atoms with Crippen molar-refractivity contribution >= 4 is 45.6 Å². The van der Waals surface area contributed by atoms with E-state index >= 15 is 0 Å². The molecular formula is C17H11Cl2N2O4-. The Kier molecular flexibility index (Phi) is 4.57. The molecule has 0 fully saturated rings. The predicted octanol–water partition coefficient (Wildman–Crippen LogP) is 2.69. The summed E-state index contributed by atoms with van der Waals surface area (Å²) < 4.78 is 0.539. The standard InChI is InChI=1S/C17H12Cl2N2O4/c1-25-21-16(23)11-5-3-2-4-10(11)14(17(21)24)15(22)20-13-8-9(18)6-7-12(13)19/h2-8,24H,1H3,(H,20,22)/p-1. The van der Waals surface area contributed by atoms with Gasteiger partial charge < -0.3 is 15.3 Å². The van der Waals surface area contributed by atoms with Crippen LogP contribution in [-0.4, -0.2) is 17.7 Å². The molecule has 0 aliphatic rings. The molecule has 0 saturated carbocycles. The van der Waals surface area contributed by atoms with Crippen molar-refractivity contribution in [2.24, 2.45) is 0 Å². The summed E-state index contributed by atoms with van der Waals surface area (Å²) in [6.45, 7) is 0. The van der Waals surface area contributed by atoms with Crippen LogP contribution in [0, 0.1) is 0 Å². The van der Waals surface area contributed by atoms with Crippen molar-refractivity contribution in [3.05, 3.63) is 68.4 Å². The Bertz CT molecular complexity index is 1050. The van der Waals surface area contributed by atoms with E-state index in [1.165, 1.54) is 31.4 Å². The Hall–Kier alpha value is -2.70. The van der Waals surface area contributed by atoms with E-state index in [-0.39, 0.29) is 27.0 Å². The zero-order chi connectivity index (χ0) is 18.1. The van der Waals surface area contributed by atoms with Gasteiger partial charge in [-0.15, -0.1) is 0 Å². The normalized spacial score (nSPS) is 10.7. The maximum Gasteiger partial charge on any atom is 0.290 e. The highest BCUT2D eigenvalue weighted by atomic mass is 35.5. The number of hydrogen-bond donors (Lipinski definition) is 1. The number of halogens is 2. The van der Waals surface area contributed by atoms with E-state index in [1.807, 2.05) is 0 Å². The van der Waals surface area contributed by atoms with Gasteiger partial charge in [0.05, 0.1) is 21.7 Å². The van der Waals surface area contributed by atoms with E-state index in [0.717, 1.165) is 0 Å². The second kappa shape index (κ2) is 6.66. The smallest absolute Gasteiger partial charge is 0.290 e. The molecule has 3 rings (SSSR count). The number of hydrogen-bond acceptors (Lipinski definition) is 4. The summed E-state index contributed by atoms with van der Waals surface area (Å²) >= 11 is 11.9. The minimum atomic E-state index is -0.859. The minimum absolute atomic E-state index is 0.186. The van der Waals surface area contributed by atoms with Gasteiger partial charge >= 0.3 is 0 Å². The lowest BCUT2D eigenvalue weighted by atomic mass is 10.1. The van der Waals surface area contributed by atoms with Crippen molar-refractivity contribution in [2.45, 2.75) is 0 Å². The van der Waals surface area contributed by atoms with Crippen LogP contribution in [0.5, 0.6) is 5.88 Å². The van der Waals surface area contributed by atoms with Crippen LogP contribution in [0.3, 0.4) is 0 Å². The molecule has 0 unspecified atom stereocenters. The van der Waals surface area contributed by atoms with Crippen LogP contribution >= 0.6 is 23.2 Å². The third kappa shape index (κ3) is 3.01. The Morgan fingerprint density at radius 2 is 1.84 bits per heavy atom. The number of benzene rings is 2. The lowest BCUT2D eigenvalue weighted by Gasteiger charge is -2.21. The number of pyridine rings is 1. The maximum absolute atomic E-state index is 12.7. The molecule has 2 aromatic carbocycles. The largest absolute Gasteiger partial charge is 0.857 e. The van der Waals surface area contributed by atoms with Crippen LogP contribution < -0.4 is 20.8 Å². The summed E-state index contributed by atoms with van der Waals surface area (Å²) in [5.74, 6) is -1.59. The van der Waals surface area contributed by atoms with E-state index in [9.17, 15) is 14.7 Å². The molecule has 0 aliphatic heterocycles. The third-order valence-corrected chi connectivity index (χ3v) is 4.16. The maximum atomic E-state index is 12.7. The van der Waals surface area contributed by atoms with Gasteiger partial charge in [-0.1, -0.05) is 41.4 Å². The molecule has 0 saturated heterocycles. The van der Waals surface area contributed by atoms with Crippen molar-refractivity contribution in [1.29, 1.82) is 0 Å². The van der Waals surface area contributed by atoms with Gasteiger partial charge in [-0.05, 0) is 24.3 Å². The minimum Gasteiger partial charge on any atom is -0.857 e. The van der Waals surface area contributed by atoms with Crippen molar-refractivity contribution < 1.29 is 14.7 Å². The van der Waals surface area contributed by atoms with E-state index in [1.54, 1.807) is 18.2 Å². The Labute approximate surface area is 152 Å². The van der Waals surface area contributed by atoms with Crippen molar-refractivity contribution in [2.75, 3.05) is 12.4 Å². The lowest BCUT2D eigenvalue weighted by molar-refractivity contribution is -0.288. The number of fused-ring (bicyclic) bond motifs is 1. The summed E-state index contributed by atoms with van der Waals surface area (Å²) in [7, 11) is 1.17. The topological polar surface area (TPSA) is 83.4 Å². The number of carbonyl (C=O) groups excluding carboxylic acids is 1. The predicted molar refractivity (Wildman–Crippen MR) is 94.6 cm³/mol. The average molecular weight is 378 g/mol. The Morgan fingerprint density at radius 3 is 2.52 bits per heavy atom. The molecule has 3 aromatic rings. The molecule has 6 nitrogen and oxygen atoms in total. The van der Waals surface area contributed by atoms with Gasteiger partial charge in [0, 0.05) is 16.3 Å². The molecule has 8 heteroatoms. The number of nitrogens with zero attached hydrogens (tertiary/aromatic N) is 1. The first-order valence-electron chi connectivity index (χ1n) is 7.09. The summed E-state index contributed by atoms with van der Waals surface area (Å²) in [5, 5.41) is 16.1. The van der Waals surface area contributed by atoms with Crippen LogP contribution in [0.25, 0.3) is 10.8 Å². The van der Waals surface area contributed by atoms with Gasteiger partial charge in [0.2, 0.25) is 0 Å². The molecule has 0 atom stereocenters. The van der Waals surface area contributed by atoms with Gasteiger partial charge in [-0.25, -0.2) is 0 Å². The first-order chi connectivity index (χ1) is 11.9. The van der Waals surface area contributed by atoms with E-state index in [2.05, 4.69) is 5.32 Å². The Morgan fingerprint density at radius 1 is 1.16 bits per heavy atom. The van der Waals surface area contributed by atoms with Crippen molar-refractivity contribution in [3.8, 4) is 5.88 Å². The molecule has 1 N–H and O–H groups in total. The van der Waals surface area contributed by atoms with Gasteiger partial charge in [-0.2, -0.15) is 4.73 Å². The number of rotatable bonds is 3. The Balaban J connectivity index is 2.19. The molecule has 0 aliphatic carbocycles. The van der Waals surface area contributed by atoms with E-state index in [4.69, 9.17) is 28.0 Å². The fourth-order valence-corrected chi connectivity index (χ4v) is 2.81. The molecule has 1 aromatic heterocycles. The number of carbonyl (C=O) groups is 1. The van der Waals surface area contributed by atoms with Crippen LogP contribution in [0.15, 0.2) is 47.3 Å². The zero-order valence-corrected chi connectivity index (χ0v) is 14.4. The van der Waals surface area contributed by atoms with Crippen molar-refractivity contribution in [1.82, 2.24) is 4.73 Å². The summed E-state index contributed by atoms with van der Waals surface area (Å²) in [5.41, 5.74) is -0.619. The SMILES string of the molecule is COn1c([O-])c(C(=O)Nc2cc(Cl)ccc2Cl)c2ccccc2c1=O. The van der Waals surface area contributed by atoms with E-state index in [0.29, 0.717) is 9.75 Å². The quantitative estimate of drug-likeness (QED) is 0.760. The van der Waals surface area contributed by atoms with Gasteiger partial charge in [0.15, 0.2) is 0 Å². The summed E-state index contributed by atoms with van der Waals surface area (Å²) in [6.07, 6.45) is 0. The van der Waals surface area contributed by atoms with Crippen molar-refractivity contribution in [3.63, 3.8) is 0 Å². The molecule has 128 valence electrons. The summed E-state index contributed by atoms with van der Waals surface area (Å²) in [6, 6.07) is 10.8. The van der Waals surface area contributed by atoms with E-state index < -0.39 is 17.3 Å². The zero-order valence-electron chi connectivity index (χ0n) is 12.9. The molecular weight excluding hydrogens is 367 g/mol. The second-order valence-corrected chi connectivity index (χ2v) is 5.93. The highest BCUT2D eigenvalue weighted by molar-refractivity contribution is 6.36. The summed E-state index contributed by atoms with van der Waals surface area (Å²) in [4.78, 5) is 29.8. The lowest BCUT2D eigenvalue weighted by Crippen LogP contribution is -2.31. The average Bonchev–Trinajstić information content (AvgIpc) is 2.59.